The molecule has 1 aromatic rings. The van der Waals surface area contributed by atoms with E-state index >= 15 is 0 Å². The molecule has 0 aliphatic carbocycles. The van der Waals surface area contributed by atoms with Crippen LogP contribution in [0.25, 0.3) is 0 Å². The third-order valence-corrected chi connectivity index (χ3v) is 2.88. The Hall–Kier alpha value is -0.610. The van der Waals surface area contributed by atoms with Gasteiger partial charge in [-0.15, -0.1) is 0 Å². The third-order valence-electron chi connectivity index (χ3n) is 1.64. The Kier molecular flexibility index (Phi) is 3.89. The summed E-state index contributed by atoms with van der Waals surface area (Å²) in [6.45, 7) is 0. The van der Waals surface area contributed by atoms with Crippen molar-refractivity contribution in [2.75, 3.05) is 7.11 Å². The molecule has 0 aliphatic heterocycles. The molecule has 0 saturated heterocycles. The summed E-state index contributed by atoms with van der Waals surface area (Å²) in [7, 11) is 1.13. The van der Waals surface area contributed by atoms with Crippen LogP contribution in [0.2, 0.25) is 5.02 Å². The smallest absolute Gasteiger partial charge is 0.345 e. The van der Waals surface area contributed by atoms with Crippen LogP contribution in [-0.4, -0.2) is 13.1 Å². The first-order valence-electron chi connectivity index (χ1n) is 3.73. The number of alkyl halides is 1. The van der Waals surface area contributed by atoms with E-state index in [2.05, 4.69) is 20.7 Å². The van der Waals surface area contributed by atoms with Crippen molar-refractivity contribution in [1.29, 1.82) is 0 Å². The predicted molar refractivity (Wildman–Crippen MR) is 55.0 cm³/mol. The van der Waals surface area contributed by atoms with Crippen molar-refractivity contribution < 1.29 is 13.9 Å². The maximum atomic E-state index is 13.3. The summed E-state index contributed by atoms with van der Waals surface area (Å²) in [5.41, 5.74) is 0.185. The van der Waals surface area contributed by atoms with Crippen molar-refractivity contribution >= 4 is 33.5 Å². The van der Waals surface area contributed by atoms with Crippen LogP contribution in [0, 0.1) is 0 Å². The first-order chi connectivity index (χ1) is 6.56. The van der Waals surface area contributed by atoms with Crippen LogP contribution >= 0.6 is 27.5 Å². The van der Waals surface area contributed by atoms with Crippen LogP contribution in [0.1, 0.15) is 11.7 Å². The van der Waals surface area contributed by atoms with E-state index in [9.17, 15) is 9.18 Å². The molecule has 76 valence electrons. The van der Waals surface area contributed by atoms with E-state index in [-0.39, 0.29) is 5.56 Å². The lowest BCUT2D eigenvalue weighted by molar-refractivity contribution is -0.146. The van der Waals surface area contributed by atoms with Gasteiger partial charge in [-0.25, -0.2) is 9.18 Å². The fourth-order valence-electron chi connectivity index (χ4n) is 0.910. The number of carbonyl (C=O) groups is 1. The van der Waals surface area contributed by atoms with Crippen molar-refractivity contribution in [2.24, 2.45) is 0 Å². The first-order valence-corrected chi connectivity index (χ1v) is 4.90. The Morgan fingerprint density at radius 3 is 2.79 bits per heavy atom. The van der Waals surface area contributed by atoms with E-state index in [1.807, 2.05) is 0 Å². The molecule has 1 rings (SSSR count). The molecule has 14 heavy (non-hydrogen) atoms. The molecular weight excluding hydrogens is 274 g/mol. The van der Waals surface area contributed by atoms with Crippen LogP contribution in [0.5, 0.6) is 0 Å². The highest BCUT2D eigenvalue weighted by Gasteiger charge is 2.20. The van der Waals surface area contributed by atoms with Gasteiger partial charge >= 0.3 is 5.97 Å². The highest BCUT2D eigenvalue weighted by molar-refractivity contribution is 9.10. The second-order valence-electron chi connectivity index (χ2n) is 2.56. The van der Waals surface area contributed by atoms with E-state index < -0.39 is 12.1 Å². The second kappa shape index (κ2) is 4.75. The molecule has 0 fully saturated rings. The minimum absolute atomic E-state index is 0.185. The zero-order chi connectivity index (χ0) is 10.7. The van der Waals surface area contributed by atoms with Gasteiger partial charge in [0.25, 0.3) is 0 Å². The SMILES string of the molecule is COC(=O)C(F)c1ccc(Br)c(Cl)c1. The molecule has 0 spiro atoms. The van der Waals surface area contributed by atoms with Crippen molar-refractivity contribution in [3.05, 3.63) is 33.3 Å². The van der Waals surface area contributed by atoms with Crippen LogP contribution in [0.3, 0.4) is 0 Å². The summed E-state index contributed by atoms with van der Waals surface area (Å²) in [6, 6.07) is 4.43. The average Bonchev–Trinajstić information content (AvgIpc) is 2.20. The number of rotatable bonds is 2. The Balaban J connectivity index is 2.96. The van der Waals surface area contributed by atoms with E-state index in [1.165, 1.54) is 12.1 Å². The Morgan fingerprint density at radius 1 is 1.64 bits per heavy atom. The maximum absolute atomic E-state index is 13.3. The van der Waals surface area contributed by atoms with Gasteiger partial charge in [-0.2, -0.15) is 0 Å². The van der Waals surface area contributed by atoms with Crippen LogP contribution in [-0.2, 0) is 9.53 Å². The summed E-state index contributed by atoms with van der Waals surface area (Å²) in [5.74, 6) is -0.927. The molecule has 0 radical (unpaired) electrons. The van der Waals surface area contributed by atoms with Gasteiger partial charge in [0.1, 0.15) is 0 Å². The molecule has 5 heteroatoms. The van der Waals surface area contributed by atoms with Gasteiger partial charge in [-0.05, 0) is 33.6 Å². The Labute approximate surface area is 94.1 Å². The fraction of sp³-hybridized carbons (Fsp3) is 0.222. The molecule has 0 bridgehead atoms. The topological polar surface area (TPSA) is 26.3 Å². The van der Waals surface area contributed by atoms with Crippen molar-refractivity contribution in [3.63, 3.8) is 0 Å². The Bertz CT molecular complexity index is 357. The largest absolute Gasteiger partial charge is 0.467 e. The van der Waals surface area contributed by atoms with Gasteiger partial charge in [0.2, 0.25) is 6.17 Å². The van der Waals surface area contributed by atoms with Gasteiger partial charge in [-0.1, -0.05) is 17.7 Å². The van der Waals surface area contributed by atoms with Crippen molar-refractivity contribution in [3.8, 4) is 0 Å². The standard InChI is InChI=1S/C9H7BrClFO2/c1-14-9(13)8(12)5-2-3-6(10)7(11)4-5/h2-4,8H,1H3. The van der Waals surface area contributed by atoms with Gasteiger partial charge in [0.05, 0.1) is 12.1 Å². The van der Waals surface area contributed by atoms with Crippen LogP contribution in [0.4, 0.5) is 4.39 Å². The molecule has 1 aromatic carbocycles. The molecule has 0 saturated carbocycles. The highest BCUT2D eigenvalue weighted by Crippen LogP contribution is 2.27. The third kappa shape index (κ3) is 2.45. The second-order valence-corrected chi connectivity index (χ2v) is 3.82. The number of halogens is 3. The molecule has 1 atom stereocenters. The summed E-state index contributed by atoms with van der Waals surface area (Å²) in [5, 5.41) is 0.356. The molecule has 0 aromatic heterocycles. The van der Waals surface area contributed by atoms with Gasteiger partial charge in [0.15, 0.2) is 0 Å². The monoisotopic (exact) mass is 280 g/mol. The number of benzene rings is 1. The van der Waals surface area contributed by atoms with E-state index in [4.69, 9.17) is 11.6 Å². The normalized spacial score (nSPS) is 12.3. The van der Waals surface area contributed by atoms with Crippen molar-refractivity contribution in [2.45, 2.75) is 6.17 Å². The first kappa shape index (κ1) is 11.5. The molecular formula is C9H7BrClFO2. The number of hydrogen-bond acceptors (Lipinski definition) is 2. The fourth-order valence-corrected chi connectivity index (χ4v) is 1.35. The van der Waals surface area contributed by atoms with Crippen molar-refractivity contribution in [1.82, 2.24) is 0 Å². The van der Waals surface area contributed by atoms with E-state index in [0.29, 0.717) is 9.50 Å². The lowest BCUT2D eigenvalue weighted by Crippen LogP contribution is -2.09. The molecule has 1 unspecified atom stereocenters. The number of hydrogen-bond donors (Lipinski definition) is 0. The molecule has 0 aliphatic rings. The van der Waals surface area contributed by atoms with Crippen LogP contribution < -0.4 is 0 Å². The van der Waals surface area contributed by atoms with Gasteiger partial charge in [0, 0.05) is 4.47 Å². The molecule has 2 nitrogen and oxygen atoms in total. The molecule has 0 amide bonds. The van der Waals surface area contributed by atoms with E-state index in [0.717, 1.165) is 7.11 Å². The lowest BCUT2D eigenvalue weighted by Gasteiger charge is -2.06. The zero-order valence-electron chi connectivity index (χ0n) is 7.26. The summed E-state index contributed by atoms with van der Waals surface area (Å²) in [6.07, 6.45) is -1.79. The minimum Gasteiger partial charge on any atom is -0.467 e. The number of methoxy groups -OCH3 is 1. The predicted octanol–water partition coefficient (Wildman–Crippen LogP) is 3.29. The van der Waals surface area contributed by atoms with Gasteiger partial charge in [-0.3, -0.25) is 0 Å². The van der Waals surface area contributed by atoms with E-state index in [1.54, 1.807) is 6.07 Å². The molecule has 0 heterocycles. The lowest BCUT2D eigenvalue weighted by atomic mass is 10.1. The minimum atomic E-state index is -1.79. The zero-order valence-corrected chi connectivity index (χ0v) is 9.60. The summed E-state index contributed by atoms with van der Waals surface area (Å²) < 4.78 is 18.2. The number of ether oxygens (including phenoxy) is 1. The highest BCUT2D eigenvalue weighted by atomic mass is 79.9. The summed E-state index contributed by atoms with van der Waals surface area (Å²) in [4.78, 5) is 10.9. The maximum Gasteiger partial charge on any atom is 0.345 e. The molecule has 0 N–H and O–H groups in total. The van der Waals surface area contributed by atoms with Crippen LogP contribution in [0.15, 0.2) is 22.7 Å². The Morgan fingerprint density at radius 2 is 2.29 bits per heavy atom. The summed E-state index contributed by atoms with van der Waals surface area (Å²) >= 11 is 8.90. The van der Waals surface area contributed by atoms with Gasteiger partial charge < -0.3 is 4.74 Å². The number of carbonyl (C=O) groups excluding carboxylic acids is 1. The quantitative estimate of drug-likeness (QED) is 0.778. The number of esters is 1. The average molecular weight is 282 g/mol.